The maximum absolute atomic E-state index is 13.8. The van der Waals surface area contributed by atoms with Crippen molar-refractivity contribution in [2.75, 3.05) is 10.5 Å². The van der Waals surface area contributed by atoms with Crippen LogP contribution in [0.3, 0.4) is 0 Å². The van der Waals surface area contributed by atoms with Crippen molar-refractivity contribution in [3.63, 3.8) is 0 Å². The van der Waals surface area contributed by atoms with Gasteiger partial charge in [-0.05, 0) is 46.3 Å². The Morgan fingerprint density at radius 3 is 2.33 bits per heavy atom. The number of sulfonamides is 1. The van der Waals surface area contributed by atoms with E-state index >= 15 is 0 Å². The Bertz CT molecular complexity index is 813. The van der Waals surface area contributed by atoms with Gasteiger partial charge in [-0.1, -0.05) is 15.9 Å². The molecule has 9 heteroatoms. The van der Waals surface area contributed by atoms with Gasteiger partial charge in [0.15, 0.2) is 0 Å². The molecule has 0 aromatic heterocycles. The predicted octanol–water partition coefficient (Wildman–Crippen LogP) is 3.87. The molecule has 0 saturated carbocycles. The molecule has 0 bridgehead atoms. The number of nitrogens with two attached hydrogens (primary N) is 1. The van der Waals surface area contributed by atoms with E-state index in [1.165, 1.54) is 12.1 Å². The first-order valence-corrected chi connectivity index (χ1v) is 8.50. The largest absolute Gasteiger partial charge is 0.398 e. The summed E-state index contributed by atoms with van der Waals surface area (Å²) in [5, 5.41) is 0. The summed E-state index contributed by atoms with van der Waals surface area (Å²) in [6.45, 7) is 0. The molecule has 112 valence electrons. The van der Waals surface area contributed by atoms with E-state index in [1.54, 1.807) is 0 Å². The van der Waals surface area contributed by atoms with Gasteiger partial charge < -0.3 is 5.73 Å². The van der Waals surface area contributed by atoms with Crippen molar-refractivity contribution in [2.45, 2.75) is 4.90 Å². The Kier molecular flexibility index (Phi) is 4.54. The number of hydrogen-bond donors (Lipinski definition) is 2. The summed E-state index contributed by atoms with van der Waals surface area (Å²) in [5.74, 6) is -1.79. The molecule has 0 aliphatic heterocycles. The van der Waals surface area contributed by atoms with Crippen LogP contribution in [-0.4, -0.2) is 8.42 Å². The minimum absolute atomic E-state index is 0.0491. The first kappa shape index (κ1) is 16.2. The van der Waals surface area contributed by atoms with Gasteiger partial charge in [-0.25, -0.2) is 17.2 Å². The van der Waals surface area contributed by atoms with Crippen LogP contribution in [0, 0.1) is 11.6 Å². The van der Waals surface area contributed by atoms with E-state index in [9.17, 15) is 17.2 Å². The van der Waals surface area contributed by atoms with Crippen LogP contribution in [-0.2, 0) is 10.0 Å². The van der Waals surface area contributed by atoms with E-state index in [0.717, 1.165) is 18.2 Å². The third-order valence-electron chi connectivity index (χ3n) is 2.52. The molecule has 21 heavy (non-hydrogen) atoms. The number of hydrogen-bond acceptors (Lipinski definition) is 3. The normalized spacial score (nSPS) is 11.4. The summed E-state index contributed by atoms with van der Waals surface area (Å²) >= 11 is 6.04. The van der Waals surface area contributed by atoms with Crippen LogP contribution >= 0.6 is 31.9 Å². The molecule has 0 saturated heterocycles. The zero-order valence-corrected chi connectivity index (χ0v) is 14.2. The zero-order chi connectivity index (χ0) is 15.8. The van der Waals surface area contributed by atoms with E-state index in [1.807, 2.05) is 4.72 Å². The van der Waals surface area contributed by atoms with Crippen molar-refractivity contribution in [1.82, 2.24) is 0 Å². The van der Waals surface area contributed by atoms with Gasteiger partial charge in [0.1, 0.15) is 16.5 Å². The van der Waals surface area contributed by atoms with Crippen LogP contribution in [0.4, 0.5) is 20.2 Å². The molecule has 0 aliphatic carbocycles. The highest BCUT2D eigenvalue weighted by Gasteiger charge is 2.22. The molecule has 0 amide bonds. The number of nitrogens with one attached hydrogen (secondary N) is 1. The second kappa shape index (κ2) is 5.90. The molecule has 2 aromatic carbocycles. The molecule has 0 radical (unpaired) electrons. The smallest absolute Gasteiger partial charge is 0.264 e. The van der Waals surface area contributed by atoms with Gasteiger partial charge in [-0.15, -0.1) is 0 Å². The highest BCUT2D eigenvalue weighted by atomic mass is 79.9. The topological polar surface area (TPSA) is 72.2 Å². The Morgan fingerprint density at radius 1 is 1.05 bits per heavy atom. The molecule has 3 N–H and O–H groups in total. The third kappa shape index (κ3) is 3.53. The van der Waals surface area contributed by atoms with Crippen LogP contribution < -0.4 is 10.5 Å². The van der Waals surface area contributed by atoms with Crippen molar-refractivity contribution >= 4 is 53.3 Å². The van der Waals surface area contributed by atoms with Crippen LogP contribution in [0.1, 0.15) is 0 Å². The monoisotopic (exact) mass is 440 g/mol. The Hall–Kier alpha value is -1.19. The summed E-state index contributed by atoms with van der Waals surface area (Å²) < 4.78 is 54.4. The second-order valence-electron chi connectivity index (χ2n) is 4.03. The van der Waals surface area contributed by atoms with E-state index in [2.05, 4.69) is 31.9 Å². The van der Waals surface area contributed by atoms with E-state index in [0.29, 0.717) is 4.47 Å². The number of anilines is 2. The van der Waals surface area contributed by atoms with Crippen molar-refractivity contribution < 1.29 is 17.2 Å². The second-order valence-corrected chi connectivity index (χ2v) is 7.45. The van der Waals surface area contributed by atoms with Crippen LogP contribution in [0.2, 0.25) is 0 Å². The fourth-order valence-electron chi connectivity index (χ4n) is 1.52. The highest BCUT2D eigenvalue weighted by molar-refractivity contribution is 9.10. The van der Waals surface area contributed by atoms with Crippen molar-refractivity contribution in [1.29, 1.82) is 0 Å². The summed E-state index contributed by atoms with van der Waals surface area (Å²) in [6, 6.07) is 5.65. The first-order valence-electron chi connectivity index (χ1n) is 5.43. The maximum atomic E-state index is 13.8. The average Bonchev–Trinajstić information content (AvgIpc) is 2.37. The van der Waals surface area contributed by atoms with Gasteiger partial charge in [0, 0.05) is 14.6 Å². The number of rotatable bonds is 3. The first-order chi connectivity index (χ1) is 9.70. The van der Waals surface area contributed by atoms with Crippen molar-refractivity contribution in [2.24, 2.45) is 0 Å². The molecule has 0 aliphatic rings. The standard InChI is InChI=1S/C12H8Br2F2N2O2S/c13-6-1-2-11(8(15)3-6)18-21(19,20)12-5-10(17)7(14)4-9(12)16/h1-5,18H,17H2. The lowest BCUT2D eigenvalue weighted by atomic mass is 10.3. The van der Waals surface area contributed by atoms with Crippen molar-refractivity contribution in [3.05, 3.63) is 50.9 Å². The summed E-state index contributed by atoms with van der Waals surface area (Å²) in [5.41, 5.74) is 5.30. The summed E-state index contributed by atoms with van der Waals surface area (Å²) in [6.07, 6.45) is 0. The van der Waals surface area contributed by atoms with Crippen LogP contribution in [0.25, 0.3) is 0 Å². The van der Waals surface area contributed by atoms with Crippen LogP contribution in [0.15, 0.2) is 44.2 Å². The number of nitrogen functional groups attached to an aromatic ring is 1. The van der Waals surface area contributed by atoms with Gasteiger partial charge in [-0.2, -0.15) is 0 Å². The van der Waals surface area contributed by atoms with Gasteiger partial charge in [0.05, 0.1) is 5.69 Å². The Morgan fingerprint density at radius 2 is 1.71 bits per heavy atom. The lowest BCUT2D eigenvalue weighted by molar-refractivity contribution is 0.569. The number of benzene rings is 2. The predicted molar refractivity (Wildman–Crippen MR) is 83.4 cm³/mol. The lowest BCUT2D eigenvalue weighted by Crippen LogP contribution is -2.16. The molecule has 4 nitrogen and oxygen atoms in total. The fraction of sp³-hybridized carbons (Fsp3) is 0. The molecule has 0 spiro atoms. The van der Waals surface area contributed by atoms with Gasteiger partial charge in [-0.3, -0.25) is 4.72 Å². The molecular formula is C12H8Br2F2N2O2S. The minimum Gasteiger partial charge on any atom is -0.398 e. The van der Waals surface area contributed by atoms with Gasteiger partial charge in [0.25, 0.3) is 10.0 Å². The number of halogens is 4. The molecule has 0 heterocycles. The highest BCUT2D eigenvalue weighted by Crippen LogP contribution is 2.28. The van der Waals surface area contributed by atoms with Gasteiger partial charge in [0.2, 0.25) is 0 Å². The molecule has 2 aromatic rings. The Balaban J connectivity index is 2.46. The van der Waals surface area contributed by atoms with Crippen LogP contribution in [0.5, 0.6) is 0 Å². The lowest BCUT2D eigenvalue weighted by Gasteiger charge is -2.11. The maximum Gasteiger partial charge on any atom is 0.264 e. The SMILES string of the molecule is Nc1cc(S(=O)(=O)Nc2ccc(Br)cc2F)c(F)cc1Br. The Labute approximate surface area is 136 Å². The molecule has 0 atom stereocenters. The van der Waals surface area contributed by atoms with Gasteiger partial charge >= 0.3 is 0 Å². The fourth-order valence-corrected chi connectivity index (χ4v) is 3.33. The quantitative estimate of drug-likeness (QED) is 0.710. The average molecular weight is 442 g/mol. The molecule has 0 unspecified atom stereocenters. The third-order valence-corrected chi connectivity index (χ3v) is 5.08. The summed E-state index contributed by atoms with van der Waals surface area (Å²) in [4.78, 5) is -0.662. The zero-order valence-electron chi connectivity index (χ0n) is 10.2. The minimum atomic E-state index is -4.30. The van der Waals surface area contributed by atoms with Crippen molar-refractivity contribution in [3.8, 4) is 0 Å². The molecule has 2 rings (SSSR count). The molecule has 0 fully saturated rings. The van der Waals surface area contributed by atoms with E-state index in [-0.39, 0.29) is 15.8 Å². The summed E-state index contributed by atoms with van der Waals surface area (Å²) in [7, 11) is -4.30. The molecular weight excluding hydrogens is 434 g/mol. The van der Waals surface area contributed by atoms with E-state index < -0.39 is 26.6 Å². The van der Waals surface area contributed by atoms with E-state index in [4.69, 9.17) is 5.73 Å².